The molecule has 19 heavy (non-hydrogen) atoms. The van der Waals surface area contributed by atoms with E-state index in [0.29, 0.717) is 0 Å². The van der Waals surface area contributed by atoms with Crippen LogP contribution in [0.1, 0.15) is 24.2 Å². The maximum atomic E-state index is 13.8. The molecule has 0 bridgehead atoms. The van der Waals surface area contributed by atoms with Gasteiger partial charge in [0.15, 0.2) is 23.1 Å². The molecule has 0 heterocycles. The van der Waals surface area contributed by atoms with Gasteiger partial charge in [0.1, 0.15) is 0 Å². The van der Waals surface area contributed by atoms with Crippen molar-refractivity contribution in [3.05, 3.63) is 59.2 Å². The number of hydrogen-bond acceptors (Lipinski definition) is 2. The second kappa shape index (κ2) is 5.36. The van der Waals surface area contributed by atoms with E-state index >= 15 is 0 Å². The highest BCUT2D eigenvalue weighted by Crippen LogP contribution is 2.33. The fourth-order valence-corrected chi connectivity index (χ4v) is 1.76. The molecule has 2 aromatic rings. The Hall–Kier alpha value is -1.94. The van der Waals surface area contributed by atoms with Gasteiger partial charge in [0, 0.05) is 5.56 Å². The third-order valence-corrected chi connectivity index (χ3v) is 2.75. The fourth-order valence-electron chi connectivity index (χ4n) is 1.76. The first kappa shape index (κ1) is 13.5. The van der Waals surface area contributed by atoms with Crippen molar-refractivity contribution >= 4 is 0 Å². The number of aliphatic hydroxyl groups excluding tert-OH is 1. The Bertz CT molecular complexity index is 595. The topological polar surface area (TPSA) is 29.5 Å². The summed E-state index contributed by atoms with van der Waals surface area (Å²) in [7, 11) is 0. The van der Waals surface area contributed by atoms with Crippen LogP contribution in [0.4, 0.5) is 8.78 Å². The smallest absolute Gasteiger partial charge is 0.168 e. The second-order valence-electron chi connectivity index (χ2n) is 4.37. The monoisotopic (exact) mass is 264 g/mol. The van der Waals surface area contributed by atoms with Gasteiger partial charge in [-0.25, -0.2) is 8.78 Å². The van der Waals surface area contributed by atoms with Crippen molar-refractivity contribution in [2.45, 2.75) is 20.0 Å². The molecule has 0 saturated heterocycles. The maximum absolute atomic E-state index is 13.8. The summed E-state index contributed by atoms with van der Waals surface area (Å²) in [6.07, 6.45) is -0.904. The summed E-state index contributed by atoms with van der Waals surface area (Å²) in [4.78, 5) is 0. The average Bonchev–Trinajstić information content (AvgIpc) is 2.35. The lowest BCUT2D eigenvalue weighted by Crippen LogP contribution is -2.00. The van der Waals surface area contributed by atoms with Gasteiger partial charge in [0.2, 0.25) is 0 Å². The van der Waals surface area contributed by atoms with Crippen molar-refractivity contribution in [1.82, 2.24) is 0 Å². The van der Waals surface area contributed by atoms with Crippen LogP contribution in [0.3, 0.4) is 0 Å². The van der Waals surface area contributed by atoms with Gasteiger partial charge < -0.3 is 9.84 Å². The number of benzene rings is 2. The zero-order valence-corrected chi connectivity index (χ0v) is 10.7. The van der Waals surface area contributed by atoms with Crippen molar-refractivity contribution in [3.8, 4) is 11.5 Å². The molecule has 0 aliphatic carbocycles. The number of ether oxygens (including phenoxy) is 1. The quantitative estimate of drug-likeness (QED) is 0.903. The Morgan fingerprint density at radius 3 is 2.53 bits per heavy atom. The summed E-state index contributed by atoms with van der Waals surface area (Å²) in [5.41, 5.74) is 1.08. The number of para-hydroxylation sites is 1. The van der Waals surface area contributed by atoms with E-state index in [0.717, 1.165) is 5.56 Å². The molecule has 4 heteroatoms. The normalized spacial score (nSPS) is 12.3. The first-order valence-electron chi connectivity index (χ1n) is 5.89. The molecular formula is C15H14F2O2. The molecular weight excluding hydrogens is 250 g/mol. The SMILES string of the molecule is Cc1ccc(F)c(Oc2c(F)cccc2[C@H](C)O)c1. The summed E-state index contributed by atoms with van der Waals surface area (Å²) in [6.45, 7) is 3.28. The first-order chi connectivity index (χ1) is 8.99. The number of halogens is 2. The maximum Gasteiger partial charge on any atom is 0.168 e. The molecule has 100 valence electrons. The molecule has 0 saturated carbocycles. The predicted octanol–water partition coefficient (Wildman–Crippen LogP) is 4.12. The van der Waals surface area contributed by atoms with E-state index in [4.69, 9.17) is 4.74 Å². The van der Waals surface area contributed by atoms with Gasteiger partial charge in [-0.15, -0.1) is 0 Å². The van der Waals surface area contributed by atoms with Crippen LogP contribution >= 0.6 is 0 Å². The van der Waals surface area contributed by atoms with Crippen LogP contribution in [0.2, 0.25) is 0 Å². The highest BCUT2D eigenvalue weighted by atomic mass is 19.1. The number of rotatable bonds is 3. The van der Waals surface area contributed by atoms with Gasteiger partial charge in [-0.3, -0.25) is 0 Å². The zero-order valence-electron chi connectivity index (χ0n) is 10.7. The van der Waals surface area contributed by atoms with E-state index < -0.39 is 17.7 Å². The van der Waals surface area contributed by atoms with Gasteiger partial charge >= 0.3 is 0 Å². The van der Waals surface area contributed by atoms with Crippen molar-refractivity contribution < 1.29 is 18.6 Å². The van der Waals surface area contributed by atoms with Gasteiger partial charge in [-0.05, 0) is 37.6 Å². The Kier molecular flexibility index (Phi) is 3.81. The minimum Gasteiger partial charge on any atom is -0.451 e. The molecule has 2 nitrogen and oxygen atoms in total. The third kappa shape index (κ3) is 2.90. The van der Waals surface area contributed by atoms with Crippen LogP contribution in [0.25, 0.3) is 0 Å². The lowest BCUT2D eigenvalue weighted by molar-refractivity contribution is 0.194. The van der Waals surface area contributed by atoms with E-state index in [1.165, 1.54) is 37.3 Å². The van der Waals surface area contributed by atoms with Crippen LogP contribution in [0.5, 0.6) is 11.5 Å². The molecule has 2 aromatic carbocycles. The molecule has 0 unspecified atom stereocenters. The summed E-state index contributed by atoms with van der Waals surface area (Å²) in [5.74, 6) is -1.43. The number of hydrogen-bond donors (Lipinski definition) is 1. The Balaban J connectivity index is 2.46. The van der Waals surface area contributed by atoms with Crippen LogP contribution in [-0.4, -0.2) is 5.11 Å². The van der Waals surface area contributed by atoms with E-state index in [1.54, 1.807) is 13.0 Å². The fraction of sp³-hybridized carbons (Fsp3) is 0.200. The van der Waals surface area contributed by atoms with Crippen LogP contribution in [0, 0.1) is 18.6 Å². The van der Waals surface area contributed by atoms with E-state index in [-0.39, 0.29) is 17.1 Å². The molecule has 0 aliphatic heterocycles. The molecule has 0 fully saturated rings. The Morgan fingerprint density at radius 2 is 1.84 bits per heavy atom. The molecule has 0 spiro atoms. The van der Waals surface area contributed by atoms with Gasteiger partial charge in [-0.2, -0.15) is 0 Å². The molecule has 0 aromatic heterocycles. The molecule has 0 amide bonds. The van der Waals surface area contributed by atoms with Gasteiger partial charge in [0.25, 0.3) is 0 Å². The number of aryl methyl sites for hydroxylation is 1. The molecule has 1 atom stereocenters. The summed E-state index contributed by atoms with van der Waals surface area (Å²) >= 11 is 0. The van der Waals surface area contributed by atoms with Crippen molar-refractivity contribution in [2.24, 2.45) is 0 Å². The van der Waals surface area contributed by atoms with E-state index in [2.05, 4.69) is 0 Å². The molecule has 2 rings (SSSR count). The second-order valence-corrected chi connectivity index (χ2v) is 4.37. The molecule has 1 N–H and O–H groups in total. The van der Waals surface area contributed by atoms with Crippen molar-refractivity contribution in [2.75, 3.05) is 0 Å². The van der Waals surface area contributed by atoms with Crippen molar-refractivity contribution in [1.29, 1.82) is 0 Å². The summed E-state index contributed by atoms with van der Waals surface area (Å²) in [5, 5.41) is 9.59. The van der Waals surface area contributed by atoms with Crippen LogP contribution in [0.15, 0.2) is 36.4 Å². The Labute approximate surface area is 110 Å². The van der Waals surface area contributed by atoms with Gasteiger partial charge in [-0.1, -0.05) is 18.2 Å². The predicted molar refractivity (Wildman–Crippen MR) is 68.2 cm³/mol. The lowest BCUT2D eigenvalue weighted by Gasteiger charge is -2.14. The average molecular weight is 264 g/mol. The molecule has 0 aliphatic rings. The summed E-state index contributed by atoms with van der Waals surface area (Å²) < 4.78 is 32.7. The number of aliphatic hydroxyl groups is 1. The van der Waals surface area contributed by atoms with E-state index in [1.807, 2.05) is 0 Å². The van der Waals surface area contributed by atoms with Gasteiger partial charge in [0.05, 0.1) is 6.10 Å². The molecule has 0 radical (unpaired) electrons. The highest BCUT2D eigenvalue weighted by Gasteiger charge is 2.16. The van der Waals surface area contributed by atoms with Crippen LogP contribution in [-0.2, 0) is 0 Å². The highest BCUT2D eigenvalue weighted by molar-refractivity contribution is 5.41. The van der Waals surface area contributed by atoms with E-state index in [9.17, 15) is 13.9 Å². The standard InChI is InChI=1S/C15H14F2O2/c1-9-6-7-12(16)14(8-9)19-15-11(10(2)18)4-3-5-13(15)17/h3-8,10,18H,1-2H3/t10-/m0/s1. The summed E-state index contributed by atoms with van der Waals surface area (Å²) in [6, 6.07) is 8.54. The Morgan fingerprint density at radius 1 is 1.11 bits per heavy atom. The lowest BCUT2D eigenvalue weighted by atomic mass is 10.1. The minimum atomic E-state index is -0.904. The first-order valence-corrected chi connectivity index (χ1v) is 5.89. The van der Waals surface area contributed by atoms with Crippen molar-refractivity contribution in [3.63, 3.8) is 0 Å². The third-order valence-electron chi connectivity index (χ3n) is 2.75. The largest absolute Gasteiger partial charge is 0.451 e. The van der Waals surface area contributed by atoms with Crippen LogP contribution < -0.4 is 4.74 Å². The minimum absolute atomic E-state index is 0.0630. The zero-order chi connectivity index (χ0) is 14.0.